The number of methoxy groups -OCH3 is 1. The van der Waals surface area contributed by atoms with Crippen LogP contribution < -0.4 is 9.47 Å². The Morgan fingerprint density at radius 1 is 1.05 bits per heavy atom. The fourth-order valence-electron chi connectivity index (χ4n) is 2.14. The van der Waals surface area contributed by atoms with E-state index >= 15 is 0 Å². The first-order valence-electron chi connectivity index (χ1n) is 7.20. The molecular formula is C18H22O3. The molecule has 0 spiro atoms. The van der Waals surface area contributed by atoms with Gasteiger partial charge in [-0.1, -0.05) is 31.2 Å². The third-order valence-corrected chi connectivity index (χ3v) is 3.50. The summed E-state index contributed by atoms with van der Waals surface area (Å²) >= 11 is 0. The zero-order valence-electron chi connectivity index (χ0n) is 12.8. The quantitative estimate of drug-likeness (QED) is 0.875. The van der Waals surface area contributed by atoms with Crippen molar-refractivity contribution in [2.45, 2.75) is 33.0 Å². The Morgan fingerprint density at radius 3 is 2.29 bits per heavy atom. The van der Waals surface area contributed by atoms with Crippen molar-refractivity contribution in [1.82, 2.24) is 0 Å². The average molecular weight is 286 g/mol. The second kappa shape index (κ2) is 7.14. The average Bonchev–Trinajstić information content (AvgIpc) is 2.52. The van der Waals surface area contributed by atoms with Crippen molar-refractivity contribution in [3.63, 3.8) is 0 Å². The molecule has 3 nitrogen and oxygen atoms in total. The number of aliphatic hydroxyl groups excluding tert-OH is 1. The molecule has 0 saturated heterocycles. The van der Waals surface area contributed by atoms with Crippen molar-refractivity contribution in [2.24, 2.45) is 0 Å². The first-order valence-corrected chi connectivity index (χ1v) is 7.20. The van der Waals surface area contributed by atoms with Gasteiger partial charge in [0.1, 0.15) is 18.1 Å². The van der Waals surface area contributed by atoms with E-state index in [0.717, 1.165) is 23.3 Å². The third kappa shape index (κ3) is 3.99. The van der Waals surface area contributed by atoms with Crippen LogP contribution in [0, 0.1) is 0 Å². The number of ether oxygens (including phenoxy) is 2. The maximum Gasteiger partial charge on any atom is 0.129 e. The highest BCUT2D eigenvalue weighted by Crippen LogP contribution is 2.30. The minimum atomic E-state index is -0.576. The molecule has 0 fully saturated rings. The molecule has 0 heterocycles. The largest absolute Gasteiger partial charge is 0.497 e. The van der Waals surface area contributed by atoms with Gasteiger partial charge in [0.25, 0.3) is 0 Å². The van der Waals surface area contributed by atoms with Crippen molar-refractivity contribution in [1.29, 1.82) is 0 Å². The molecule has 0 bridgehead atoms. The smallest absolute Gasteiger partial charge is 0.129 e. The fraction of sp³-hybridized carbons (Fsp3) is 0.333. The fourth-order valence-corrected chi connectivity index (χ4v) is 2.14. The SMILES string of the molecule is CCc1ccc(COc2cc(OC)ccc2[C@H](C)O)cc1. The van der Waals surface area contributed by atoms with Crippen molar-refractivity contribution in [3.8, 4) is 11.5 Å². The van der Waals surface area contributed by atoms with E-state index in [2.05, 4.69) is 31.2 Å². The summed E-state index contributed by atoms with van der Waals surface area (Å²) in [4.78, 5) is 0. The Hall–Kier alpha value is -2.00. The Balaban J connectivity index is 2.13. The van der Waals surface area contributed by atoms with Gasteiger partial charge >= 0.3 is 0 Å². The Bertz CT molecular complexity index is 574. The summed E-state index contributed by atoms with van der Waals surface area (Å²) in [6.45, 7) is 4.33. The van der Waals surface area contributed by atoms with Gasteiger partial charge in [0, 0.05) is 11.6 Å². The normalized spacial score (nSPS) is 12.0. The van der Waals surface area contributed by atoms with Crippen LogP contribution in [0.25, 0.3) is 0 Å². The minimum absolute atomic E-state index is 0.469. The number of benzene rings is 2. The number of rotatable bonds is 6. The molecule has 0 radical (unpaired) electrons. The first-order chi connectivity index (χ1) is 10.1. The van der Waals surface area contributed by atoms with E-state index in [4.69, 9.17) is 9.47 Å². The Kier molecular flexibility index (Phi) is 5.23. The molecule has 0 unspecified atom stereocenters. The van der Waals surface area contributed by atoms with Gasteiger partial charge in [0.2, 0.25) is 0 Å². The van der Waals surface area contributed by atoms with Crippen LogP contribution in [0.4, 0.5) is 0 Å². The van der Waals surface area contributed by atoms with E-state index in [1.165, 1.54) is 5.56 Å². The topological polar surface area (TPSA) is 38.7 Å². The molecule has 0 aliphatic carbocycles. The lowest BCUT2D eigenvalue weighted by Crippen LogP contribution is -2.01. The Morgan fingerprint density at radius 2 is 1.71 bits per heavy atom. The van der Waals surface area contributed by atoms with E-state index in [1.807, 2.05) is 18.2 Å². The summed E-state index contributed by atoms with van der Waals surface area (Å²) < 4.78 is 11.1. The van der Waals surface area contributed by atoms with Gasteiger partial charge in [0.05, 0.1) is 13.2 Å². The van der Waals surface area contributed by atoms with Crippen LogP contribution in [-0.4, -0.2) is 12.2 Å². The summed E-state index contributed by atoms with van der Waals surface area (Å²) in [5, 5.41) is 9.81. The van der Waals surface area contributed by atoms with Gasteiger partial charge in [0.15, 0.2) is 0 Å². The second-order valence-electron chi connectivity index (χ2n) is 5.04. The lowest BCUT2D eigenvalue weighted by Gasteiger charge is -2.15. The van der Waals surface area contributed by atoms with Crippen molar-refractivity contribution in [3.05, 3.63) is 59.2 Å². The molecule has 0 aliphatic rings. The van der Waals surface area contributed by atoms with Crippen LogP contribution in [0.1, 0.15) is 36.6 Å². The number of hydrogen-bond donors (Lipinski definition) is 1. The molecule has 21 heavy (non-hydrogen) atoms. The van der Waals surface area contributed by atoms with Crippen LogP contribution in [0.2, 0.25) is 0 Å². The molecule has 0 amide bonds. The standard InChI is InChI=1S/C18H22O3/c1-4-14-5-7-15(8-6-14)12-21-18-11-16(20-3)9-10-17(18)13(2)19/h5-11,13,19H,4,12H2,1-3H3/t13-/m0/s1. The van der Waals surface area contributed by atoms with Gasteiger partial charge in [-0.25, -0.2) is 0 Å². The summed E-state index contributed by atoms with van der Waals surface area (Å²) in [6, 6.07) is 13.8. The van der Waals surface area contributed by atoms with Crippen LogP contribution in [0.15, 0.2) is 42.5 Å². The Labute approximate surface area is 126 Å². The van der Waals surface area contributed by atoms with E-state index in [0.29, 0.717) is 12.4 Å². The van der Waals surface area contributed by atoms with Crippen LogP contribution in [0.3, 0.4) is 0 Å². The molecule has 1 atom stereocenters. The summed E-state index contributed by atoms with van der Waals surface area (Å²) in [6.07, 6.45) is 0.455. The maximum absolute atomic E-state index is 9.81. The second-order valence-corrected chi connectivity index (χ2v) is 5.04. The zero-order valence-corrected chi connectivity index (χ0v) is 12.8. The first kappa shape index (κ1) is 15.4. The lowest BCUT2D eigenvalue weighted by molar-refractivity contribution is 0.190. The molecular weight excluding hydrogens is 264 g/mol. The molecule has 2 aromatic carbocycles. The zero-order chi connectivity index (χ0) is 15.2. The molecule has 2 rings (SSSR count). The van der Waals surface area contributed by atoms with E-state index < -0.39 is 6.10 Å². The molecule has 0 aromatic heterocycles. The summed E-state index contributed by atoms with van der Waals surface area (Å²) in [5.41, 5.74) is 3.18. The predicted molar refractivity (Wildman–Crippen MR) is 83.8 cm³/mol. The van der Waals surface area contributed by atoms with Gasteiger partial charge in [-0.3, -0.25) is 0 Å². The van der Waals surface area contributed by atoms with Crippen LogP contribution in [0.5, 0.6) is 11.5 Å². The molecule has 0 saturated carbocycles. The number of aryl methyl sites for hydroxylation is 1. The monoisotopic (exact) mass is 286 g/mol. The van der Waals surface area contributed by atoms with Gasteiger partial charge < -0.3 is 14.6 Å². The van der Waals surface area contributed by atoms with Crippen LogP contribution in [-0.2, 0) is 13.0 Å². The maximum atomic E-state index is 9.81. The number of aliphatic hydroxyl groups is 1. The lowest BCUT2D eigenvalue weighted by atomic mass is 10.1. The highest BCUT2D eigenvalue weighted by molar-refractivity contribution is 5.42. The number of hydrogen-bond acceptors (Lipinski definition) is 3. The molecule has 0 aliphatic heterocycles. The van der Waals surface area contributed by atoms with Crippen molar-refractivity contribution >= 4 is 0 Å². The van der Waals surface area contributed by atoms with Crippen molar-refractivity contribution in [2.75, 3.05) is 7.11 Å². The molecule has 1 N–H and O–H groups in total. The summed E-state index contributed by atoms with van der Waals surface area (Å²) in [5.74, 6) is 1.37. The summed E-state index contributed by atoms with van der Waals surface area (Å²) in [7, 11) is 1.62. The van der Waals surface area contributed by atoms with Crippen LogP contribution >= 0.6 is 0 Å². The van der Waals surface area contributed by atoms with Gasteiger partial charge in [-0.2, -0.15) is 0 Å². The molecule has 2 aromatic rings. The highest BCUT2D eigenvalue weighted by Gasteiger charge is 2.11. The van der Waals surface area contributed by atoms with E-state index in [9.17, 15) is 5.11 Å². The molecule has 3 heteroatoms. The highest BCUT2D eigenvalue weighted by atomic mass is 16.5. The van der Waals surface area contributed by atoms with E-state index in [-0.39, 0.29) is 0 Å². The molecule has 112 valence electrons. The van der Waals surface area contributed by atoms with Crippen molar-refractivity contribution < 1.29 is 14.6 Å². The minimum Gasteiger partial charge on any atom is -0.497 e. The van der Waals surface area contributed by atoms with E-state index in [1.54, 1.807) is 14.0 Å². The van der Waals surface area contributed by atoms with Gasteiger partial charge in [-0.05, 0) is 36.6 Å². The third-order valence-electron chi connectivity index (χ3n) is 3.50. The predicted octanol–water partition coefficient (Wildman–Crippen LogP) is 3.89. The van der Waals surface area contributed by atoms with Gasteiger partial charge in [-0.15, -0.1) is 0 Å².